The molecule has 0 aromatic heterocycles. The topological polar surface area (TPSA) is 58.2 Å². The Bertz CT molecular complexity index is 441. The van der Waals surface area contributed by atoms with Crippen LogP contribution in [0.4, 0.5) is 5.69 Å². The maximum atomic E-state index is 11.6. The van der Waals surface area contributed by atoms with E-state index in [9.17, 15) is 9.59 Å². The SMILES string of the molecule is C=CCNC(=O)c1ccc(NC(=O)C(C)Cl)cc1. The number of carbonyl (C=O) groups excluding carboxylic acids is 2. The minimum Gasteiger partial charge on any atom is -0.349 e. The molecule has 0 aliphatic carbocycles. The lowest BCUT2D eigenvalue weighted by molar-refractivity contribution is -0.115. The fourth-order valence-corrected chi connectivity index (χ4v) is 1.27. The molecule has 1 aromatic rings. The standard InChI is InChI=1S/C13H15ClN2O2/c1-3-8-15-13(18)10-4-6-11(7-5-10)16-12(17)9(2)14/h3-7,9H,1,8H2,2H3,(H,15,18)(H,16,17). The third kappa shape index (κ3) is 4.22. The number of hydrogen-bond donors (Lipinski definition) is 2. The Balaban J connectivity index is 2.65. The molecular formula is C13H15ClN2O2. The van der Waals surface area contributed by atoms with Gasteiger partial charge in [0.15, 0.2) is 0 Å². The van der Waals surface area contributed by atoms with Crippen molar-refractivity contribution in [3.8, 4) is 0 Å². The summed E-state index contributed by atoms with van der Waals surface area (Å²) in [5.41, 5.74) is 1.13. The molecular weight excluding hydrogens is 252 g/mol. The molecule has 0 fully saturated rings. The first-order chi connectivity index (χ1) is 8.54. The lowest BCUT2D eigenvalue weighted by Crippen LogP contribution is -2.23. The summed E-state index contributed by atoms with van der Waals surface area (Å²) in [6, 6.07) is 6.57. The fourth-order valence-electron chi connectivity index (χ4n) is 1.21. The molecule has 2 amide bonds. The van der Waals surface area contributed by atoms with Crippen LogP contribution in [-0.4, -0.2) is 23.7 Å². The first-order valence-electron chi connectivity index (χ1n) is 5.48. The van der Waals surface area contributed by atoms with Gasteiger partial charge in [-0.15, -0.1) is 18.2 Å². The van der Waals surface area contributed by atoms with E-state index in [0.717, 1.165) is 0 Å². The van der Waals surface area contributed by atoms with E-state index < -0.39 is 5.38 Å². The molecule has 0 heterocycles. The molecule has 0 saturated heterocycles. The average molecular weight is 267 g/mol. The van der Waals surface area contributed by atoms with Crippen molar-refractivity contribution in [2.45, 2.75) is 12.3 Å². The fraction of sp³-hybridized carbons (Fsp3) is 0.231. The van der Waals surface area contributed by atoms with E-state index in [1.165, 1.54) is 0 Å². The Labute approximate surface area is 111 Å². The molecule has 5 heteroatoms. The number of nitrogens with one attached hydrogen (secondary N) is 2. The molecule has 0 aliphatic heterocycles. The normalized spacial score (nSPS) is 11.4. The molecule has 96 valence electrons. The molecule has 4 nitrogen and oxygen atoms in total. The van der Waals surface area contributed by atoms with Gasteiger partial charge in [0, 0.05) is 17.8 Å². The van der Waals surface area contributed by atoms with E-state index in [1.807, 2.05) is 0 Å². The smallest absolute Gasteiger partial charge is 0.251 e. The van der Waals surface area contributed by atoms with Gasteiger partial charge in [-0.05, 0) is 31.2 Å². The number of carbonyl (C=O) groups is 2. The van der Waals surface area contributed by atoms with Crippen molar-refractivity contribution in [2.75, 3.05) is 11.9 Å². The Morgan fingerprint density at radius 1 is 1.39 bits per heavy atom. The van der Waals surface area contributed by atoms with Crippen molar-refractivity contribution in [2.24, 2.45) is 0 Å². The summed E-state index contributed by atoms with van der Waals surface area (Å²) in [6.07, 6.45) is 1.61. The van der Waals surface area contributed by atoms with Crippen LogP contribution >= 0.6 is 11.6 Å². The second kappa shape index (κ2) is 6.81. The second-order valence-corrected chi connectivity index (χ2v) is 4.34. The van der Waals surface area contributed by atoms with Crippen molar-refractivity contribution in [1.82, 2.24) is 5.32 Å². The van der Waals surface area contributed by atoms with Crippen LogP contribution < -0.4 is 10.6 Å². The Morgan fingerprint density at radius 3 is 2.50 bits per heavy atom. The van der Waals surface area contributed by atoms with Crippen LogP contribution in [0, 0.1) is 0 Å². The van der Waals surface area contributed by atoms with E-state index in [2.05, 4.69) is 17.2 Å². The molecule has 1 aromatic carbocycles. The first kappa shape index (κ1) is 14.3. The van der Waals surface area contributed by atoms with Gasteiger partial charge in [0.1, 0.15) is 5.38 Å². The van der Waals surface area contributed by atoms with E-state index in [1.54, 1.807) is 37.3 Å². The minimum atomic E-state index is -0.597. The Hall–Kier alpha value is -1.81. The summed E-state index contributed by atoms with van der Waals surface area (Å²) in [7, 11) is 0. The van der Waals surface area contributed by atoms with Crippen molar-refractivity contribution in [3.63, 3.8) is 0 Å². The van der Waals surface area contributed by atoms with Gasteiger partial charge in [-0.25, -0.2) is 0 Å². The van der Waals surface area contributed by atoms with Crippen LogP contribution in [0.3, 0.4) is 0 Å². The second-order valence-electron chi connectivity index (χ2n) is 3.68. The highest BCUT2D eigenvalue weighted by atomic mass is 35.5. The van der Waals surface area contributed by atoms with E-state index in [-0.39, 0.29) is 11.8 Å². The largest absolute Gasteiger partial charge is 0.349 e. The Morgan fingerprint density at radius 2 is 2.00 bits per heavy atom. The quantitative estimate of drug-likeness (QED) is 0.634. The summed E-state index contributed by atoms with van der Waals surface area (Å²) in [5, 5.41) is 4.70. The van der Waals surface area contributed by atoms with Crippen molar-refractivity contribution >= 4 is 29.1 Å². The molecule has 0 saturated carbocycles. The van der Waals surface area contributed by atoms with Gasteiger partial charge < -0.3 is 10.6 Å². The zero-order valence-corrected chi connectivity index (χ0v) is 10.8. The summed E-state index contributed by atoms with van der Waals surface area (Å²) >= 11 is 5.63. The van der Waals surface area contributed by atoms with E-state index >= 15 is 0 Å². The summed E-state index contributed by atoms with van der Waals surface area (Å²) in [6.45, 7) is 5.52. The van der Waals surface area contributed by atoms with Gasteiger partial charge in [-0.2, -0.15) is 0 Å². The monoisotopic (exact) mass is 266 g/mol. The van der Waals surface area contributed by atoms with E-state index in [0.29, 0.717) is 17.8 Å². The summed E-state index contributed by atoms with van der Waals surface area (Å²) < 4.78 is 0. The van der Waals surface area contributed by atoms with Crippen molar-refractivity contribution in [3.05, 3.63) is 42.5 Å². The highest BCUT2D eigenvalue weighted by molar-refractivity contribution is 6.32. The third-order valence-corrected chi connectivity index (χ3v) is 2.38. The zero-order valence-electron chi connectivity index (χ0n) is 10.1. The number of halogens is 1. The van der Waals surface area contributed by atoms with Crippen LogP contribution in [0.25, 0.3) is 0 Å². The molecule has 0 radical (unpaired) electrons. The zero-order chi connectivity index (χ0) is 13.5. The molecule has 0 bridgehead atoms. The van der Waals surface area contributed by atoms with Gasteiger partial charge in [0.25, 0.3) is 5.91 Å². The predicted molar refractivity (Wildman–Crippen MR) is 72.9 cm³/mol. The average Bonchev–Trinajstić information content (AvgIpc) is 2.36. The maximum Gasteiger partial charge on any atom is 0.251 e. The van der Waals surface area contributed by atoms with Crippen LogP contribution in [-0.2, 0) is 4.79 Å². The molecule has 0 spiro atoms. The van der Waals surface area contributed by atoms with Gasteiger partial charge >= 0.3 is 0 Å². The van der Waals surface area contributed by atoms with Gasteiger partial charge in [-0.3, -0.25) is 9.59 Å². The highest BCUT2D eigenvalue weighted by Crippen LogP contribution is 2.10. The van der Waals surface area contributed by atoms with Crippen molar-refractivity contribution in [1.29, 1.82) is 0 Å². The van der Waals surface area contributed by atoms with Crippen LogP contribution in [0.2, 0.25) is 0 Å². The molecule has 1 rings (SSSR count). The summed E-state index contributed by atoms with van der Waals surface area (Å²) in [5.74, 6) is -0.459. The Kier molecular flexibility index (Phi) is 5.39. The maximum absolute atomic E-state index is 11.6. The number of anilines is 1. The first-order valence-corrected chi connectivity index (χ1v) is 5.92. The number of benzene rings is 1. The minimum absolute atomic E-state index is 0.182. The predicted octanol–water partition coefficient (Wildman–Crippen LogP) is 2.17. The number of hydrogen-bond acceptors (Lipinski definition) is 2. The lowest BCUT2D eigenvalue weighted by Gasteiger charge is -2.07. The number of rotatable bonds is 5. The highest BCUT2D eigenvalue weighted by Gasteiger charge is 2.09. The van der Waals surface area contributed by atoms with Crippen LogP contribution in [0.5, 0.6) is 0 Å². The van der Waals surface area contributed by atoms with Gasteiger partial charge in [-0.1, -0.05) is 6.08 Å². The molecule has 0 aliphatic rings. The lowest BCUT2D eigenvalue weighted by atomic mass is 10.2. The summed E-state index contributed by atoms with van der Waals surface area (Å²) in [4.78, 5) is 22.9. The molecule has 2 N–H and O–H groups in total. The van der Waals surface area contributed by atoms with Gasteiger partial charge in [0.05, 0.1) is 0 Å². The van der Waals surface area contributed by atoms with Gasteiger partial charge in [0.2, 0.25) is 5.91 Å². The number of amides is 2. The van der Waals surface area contributed by atoms with Crippen LogP contribution in [0.1, 0.15) is 17.3 Å². The molecule has 1 atom stereocenters. The van der Waals surface area contributed by atoms with E-state index in [4.69, 9.17) is 11.6 Å². The number of alkyl halides is 1. The third-order valence-electron chi connectivity index (χ3n) is 2.18. The molecule has 1 unspecified atom stereocenters. The van der Waals surface area contributed by atoms with Crippen molar-refractivity contribution < 1.29 is 9.59 Å². The molecule has 18 heavy (non-hydrogen) atoms. The van der Waals surface area contributed by atoms with Crippen LogP contribution in [0.15, 0.2) is 36.9 Å².